The smallest absolute Gasteiger partial charge is 0.303 e. The van der Waals surface area contributed by atoms with Crippen LogP contribution in [-0.2, 0) is 25.6 Å². The van der Waals surface area contributed by atoms with E-state index < -0.39 is 66.4 Å². The lowest BCUT2D eigenvalue weighted by Gasteiger charge is -2.35. The Hall–Kier alpha value is -3.14. The zero-order valence-corrected chi connectivity index (χ0v) is 21.5. The molecule has 0 spiro atoms. The fraction of sp³-hybridized carbons (Fsp3) is 0.583. The van der Waals surface area contributed by atoms with Gasteiger partial charge in [-0.05, 0) is 37.3 Å². The van der Waals surface area contributed by atoms with Gasteiger partial charge in [-0.25, -0.2) is 0 Å². The lowest BCUT2D eigenvalue weighted by atomic mass is 9.96. The highest BCUT2D eigenvalue weighted by Crippen LogP contribution is 2.26. The molecule has 0 aliphatic rings. The lowest BCUT2D eigenvalue weighted by molar-refractivity contribution is -0.338. The molecule has 38 heavy (non-hydrogen) atoms. The Morgan fingerprint density at radius 2 is 1.58 bits per heavy atom. The maximum absolute atomic E-state index is 12.8. The van der Waals surface area contributed by atoms with Crippen LogP contribution < -0.4 is 21.7 Å². The van der Waals surface area contributed by atoms with Crippen LogP contribution in [0.2, 0.25) is 0 Å². The second-order valence-corrected chi connectivity index (χ2v) is 9.59. The fourth-order valence-corrected chi connectivity index (χ4v) is 3.52. The maximum atomic E-state index is 12.8. The number of aliphatic hydroxyl groups is 5. The summed E-state index contributed by atoms with van der Waals surface area (Å²) in [5.74, 6) is -11.4. The summed E-state index contributed by atoms with van der Waals surface area (Å²) >= 11 is 0. The van der Waals surface area contributed by atoms with Gasteiger partial charge in [0.1, 0.15) is 12.1 Å². The molecule has 0 aromatic heterocycles. The van der Waals surface area contributed by atoms with Gasteiger partial charge in [0.2, 0.25) is 17.6 Å². The van der Waals surface area contributed by atoms with Gasteiger partial charge in [0.15, 0.2) is 0 Å². The van der Waals surface area contributed by atoms with Crippen molar-refractivity contribution in [3.8, 4) is 0 Å². The Kier molecular flexibility index (Phi) is 12.2. The van der Waals surface area contributed by atoms with Gasteiger partial charge in [-0.15, -0.1) is 0 Å². The van der Waals surface area contributed by atoms with E-state index in [-0.39, 0.29) is 30.9 Å². The number of carboxylic acids is 1. The molecule has 1 aromatic rings. The number of para-hydroxylation sites is 1. The molecule has 0 aliphatic heterocycles. The minimum Gasteiger partial charge on any atom is -0.481 e. The third-order valence-electron chi connectivity index (χ3n) is 5.60. The van der Waals surface area contributed by atoms with Crippen molar-refractivity contribution >= 4 is 29.4 Å². The second-order valence-electron chi connectivity index (χ2n) is 9.59. The molecule has 214 valence electrons. The van der Waals surface area contributed by atoms with E-state index in [1.54, 1.807) is 19.9 Å². The predicted octanol–water partition coefficient (Wildman–Crippen LogP) is -2.25. The molecule has 0 heterocycles. The third-order valence-corrected chi connectivity index (χ3v) is 5.60. The molecule has 0 fully saturated rings. The van der Waals surface area contributed by atoms with Gasteiger partial charge in [-0.3, -0.25) is 19.2 Å². The van der Waals surface area contributed by atoms with Crippen LogP contribution in [0.5, 0.6) is 0 Å². The molecular formula is C24H38N4O10. The number of carbonyl (C=O) groups is 4. The second kappa shape index (κ2) is 14.1. The molecule has 1 rings (SSSR count). The van der Waals surface area contributed by atoms with Crippen LogP contribution in [-0.4, -0.2) is 90.6 Å². The van der Waals surface area contributed by atoms with Crippen molar-refractivity contribution in [3.63, 3.8) is 0 Å². The zero-order chi connectivity index (χ0) is 29.3. The van der Waals surface area contributed by atoms with E-state index in [1.165, 1.54) is 25.1 Å². The van der Waals surface area contributed by atoms with Gasteiger partial charge in [-0.1, -0.05) is 32.0 Å². The number of aryl methyl sites for hydroxylation is 1. The highest BCUT2D eigenvalue weighted by Gasteiger charge is 2.54. The monoisotopic (exact) mass is 542 g/mol. The molecule has 0 saturated heterocycles. The van der Waals surface area contributed by atoms with Crippen molar-refractivity contribution in [2.75, 3.05) is 11.9 Å². The number of nitrogens with two attached hydrogens (primary N) is 1. The Morgan fingerprint density at radius 1 is 0.974 bits per heavy atom. The summed E-state index contributed by atoms with van der Waals surface area (Å²) in [6.07, 6.45) is -0.987. The first-order chi connectivity index (χ1) is 17.5. The molecule has 0 radical (unpaired) electrons. The van der Waals surface area contributed by atoms with Crippen molar-refractivity contribution in [3.05, 3.63) is 29.8 Å². The number of anilines is 1. The van der Waals surface area contributed by atoms with E-state index in [9.17, 15) is 39.6 Å². The summed E-state index contributed by atoms with van der Waals surface area (Å²) in [5, 5.41) is 66.4. The van der Waals surface area contributed by atoms with Crippen LogP contribution in [0.25, 0.3) is 0 Å². The van der Waals surface area contributed by atoms with Crippen molar-refractivity contribution in [2.24, 2.45) is 11.7 Å². The van der Waals surface area contributed by atoms with E-state index in [1.807, 2.05) is 0 Å². The number of amides is 3. The van der Waals surface area contributed by atoms with Gasteiger partial charge in [0.05, 0.1) is 6.61 Å². The maximum Gasteiger partial charge on any atom is 0.303 e. The molecule has 0 saturated carbocycles. The first-order valence-corrected chi connectivity index (χ1v) is 12.0. The van der Waals surface area contributed by atoms with Crippen molar-refractivity contribution in [1.29, 1.82) is 0 Å². The highest BCUT2D eigenvalue weighted by molar-refractivity contribution is 5.97. The number of carboxylic acid groups (broad SMARTS) is 1. The summed E-state index contributed by atoms with van der Waals surface area (Å²) in [4.78, 5) is 48.3. The van der Waals surface area contributed by atoms with E-state index in [2.05, 4.69) is 16.0 Å². The quantitative estimate of drug-likeness (QED) is 0.106. The highest BCUT2D eigenvalue weighted by atomic mass is 16.6. The van der Waals surface area contributed by atoms with Gasteiger partial charge in [0, 0.05) is 24.6 Å². The number of rotatable bonds is 15. The van der Waals surface area contributed by atoms with E-state index >= 15 is 0 Å². The van der Waals surface area contributed by atoms with Crippen LogP contribution in [0.1, 0.15) is 45.6 Å². The minimum absolute atomic E-state index is 0.0133. The van der Waals surface area contributed by atoms with Crippen LogP contribution in [0, 0.1) is 5.92 Å². The molecule has 11 N–H and O–H groups in total. The van der Waals surface area contributed by atoms with Crippen LogP contribution >= 0.6 is 0 Å². The largest absolute Gasteiger partial charge is 0.481 e. The van der Waals surface area contributed by atoms with E-state index in [0.717, 1.165) is 0 Å². The summed E-state index contributed by atoms with van der Waals surface area (Å²) in [6.45, 7) is 4.25. The Morgan fingerprint density at radius 3 is 2.13 bits per heavy atom. The number of benzene rings is 1. The molecule has 3 atom stereocenters. The van der Waals surface area contributed by atoms with Gasteiger partial charge in [0.25, 0.3) is 5.91 Å². The molecular weight excluding hydrogens is 504 g/mol. The summed E-state index contributed by atoms with van der Waals surface area (Å²) < 4.78 is 0. The fourth-order valence-electron chi connectivity index (χ4n) is 3.52. The first-order valence-electron chi connectivity index (χ1n) is 12.0. The van der Waals surface area contributed by atoms with Gasteiger partial charge in [-0.2, -0.15) is 0 Å². The molecule has 1 aromatic carbocycles. The summed E-state index contributed by atoms with van der Waals surface area (Å²) in [5.41, 5.74) is 5.87. The normalized spacial score (nSPS) is 14.4. The topological polar surface area (TPSA) is 252 Å². The summed E-state index contributed by atoms with van der Waals surface area (Å²) in [7, 11) is 0. The summed E-state index contributed by atoms with van der Waals surface area (Å²) in [6, 6.07) is 2.48. The number of hydrogen-bond donors (Lipinski definition) is 10. The average Bonchev–Trinajstić information content (AvgIpc) is 2.81. The molecule has 0 bridgehead atoms. The minimum atomic E-state index is -3.74. The van der Waals surface area contributed by atoms with Gasteiger partial charge < -0.3 is 52.3 Å². The van der Waals surface area contributed by atoms with Gasteiger partial charge >= 0.3 is 11.8 Å². The standard InChI is InChI=1S/C24H38N4O10/c1-13(2)10-18(27-20(32)16(25)12-29)21(33)26-14(3)11-23(35,36)24(37,38)22(34)28-17-7-5-4-6-15(17)8-9-19(30)31/h4-7,13-14,16,18,29,35-38H,8-12,25H2,1-3H3,(H,26,33)(H,27,32)(H,28,34)(H,30,31)/t14?,16-,18-/m0/s1. The van der Waals surface area contributed by atoms with Crippen molar-refractivity contribution < 1.29 is 49.8 Å². The molecule has 14 heteroatoms. The van der Waals surface area contributed by atoms with Crippen LogP contribution in [0.4, 0.5) is 5.69 Å². The SMILES string of the molecule is CC(C)C[C@H](NC(=O)[C@@H](N)CO)C(=O)NC(C)CC(O)(O)C(O)(O)C(=O)Nc1ccccc1CCC(=O)O. The molecule has 1 unspecified atom stereocenters. The Labute approximate surface area is 219 Å². The molecule has 3 amide bonds. The average molecular weight is 543 g/mol. The first kappa shape index (κ1) is 32.9. The lowest BCUT2D eigenvalue weighted by Crippen LogP contribution is -2.63. The Bertz CT molecular complexity index is 983. The number of nitrogens with one attached hydrogen (secondary N) is 3. The number of aliphatic hydroxyl groups excluding tert-OH is 1. The zero-order valence-electron chi connectivity index (χ0n) is 21.5. The van der Waals surface area contributed by atoms with Crippen LogP contribution in [0.3, 0.4) is 0 Å². The Balaban J connectivity index is 2.94. The van der Waals surface area contributed by atoms with Crippen molar-refractivity contribution in [1.82, 2.24) is 10.6 Å². The molecule has 14 nitrogen and oxygen atoms in total. The third kappa shape index (κ3) is 9.63. The van der Waals surface area contributed by atoms with E-state index in [4.69, 9.17) is 15.9 Å². The number of hydrogen-bond acceptors (Lipinski definition) is 10. The predicted molar refractivity (Wildman–Crippen MR) is 134 cm³/mol. The van der Waals surface area contributed by atoms with E-state index in [0.29, 0.717) is 5.56 Å². The van der Waals surface area contributed by atoms with Crippen molar-refractivity contribution in [2.45, 2.75) is 76.2 Å². The van der Waals surface area contributed by atoms with Crippen LogP contribution in [0.15, 0.2) is 24.3 Å². The number of aliphatic carboxylic acids is 1. The molecule has 0 aliphatic carbocycles. The number of carbonyl (C=O) groups excluding carboxylic acids is 3.